The van der Waals surface area contributed by atoms with Crippen molar-refractivity contribution in [2.75, 3.05) is 0 Å². The number of rotatable bonds is 0. The summed E-state index contributed by atoms with van der Waals surface area (Å²) in [5.74, 6) is 0. The van der Waals surface area contributed by atoms with E-state index in [1.54, 1.807) is 0 Å². The summed E-state index contributed by atoms with van der Waals surface area (Å²) < 4.78 is 0. The van der Waals surface area contributed by atoms with E-state index in [1.807, 2.05) is 0 Å². The largest absolute Gasteiger partial charge is 0.0751 e. The highest BCUT2D eigenvalue weighted by Crippen LogP contribution is 2.61. The Morgan fingerprint density at radius 1 is 0.824 bits per heavy atom. The van der Waals surface area contributed by atoms with Crippen LogP contribution in [0.15, 0.2) is 59.8 Å². The number of hydrogen-bond acceptors (Lipinski definition) is 0. The molecule has 0 aromatic rings. The topological polar surface area (TPSA) is 0 Å². The Balaban J connectivity index is 2.28. The van der Waals surface area contributed by atoms with Gasteiger partial charge in [0.1, 0.15) is 0 Å². The van der Waals surface area contributed by atoms with Crippen molar-refractivity contribution < 1.29 is 0 Å². The van der Waals surface area contributed by atoms with Crippen LogP contribution < -0.4 is 0 Å². The summed E-state index contributed by atoms with van der Waals surface area (Å²) in [6.07, 6.45) is 18.5. The molecule has 3 rings (SSSR count). The number of hydrogen-bond donors (Lipinski definition) is 0. The molecule has 0 amide bonds. The highest BCUT2D eigenvalue weighted by Gasteiger charge is 2.52. The molecule has 0 spiro atoms. The Bertz CT molecular complexity index is 522. The zero-order valence-electron chi connectivity index (χ0n) is 11.1. The average molecular weight is 224 g/mol. The molecule has 0 saturated heterocycles. The van der Waals surface area contributed by atoms with Crippen LogP contribution in [0.2, 0.25) is 0 Å². The summed E-state index contributed by atoms with van der Waals surface area (Å²) in [7, 11) is 0. The van der Waals surface area contributed by atoms with Gasteiger partial charge in [-0.3, -0.25) is 0 Å². The molecule has 3 aliphatic rings. The SMILES string of the molecule is CC1(C)C=CC=C2C=CC3(C)C=CC(=C1)C23C. The molecule has 88 valence electrons. The van der Waals surface area contributed by atoms with Gasteiger partial charge in [-0.1, -0.05) is 76.3 Å². The van der Waals surface area contributed by atoms with Crippen LogP contribution in [-0.2, 0) is 0 Å². The highest BCUT2D eigenvalue weighted by atomic mass is 14.5. The molecule has 0 heteroatoms. The summed E-state index contributed by atoms with van der Waals surface area (Å²) in [6.45, 7) is 9.25. The van der Waals surface area contributed by atoms with Crippen LogP contribution in [0.4, 0.5) is 0 Å². The Morgan fingerprint density at radius 2 is 1.47 bits per heavy atom. The third kappa shape index (κ3) is 1.24. The molecule has 0 radical (unpaired) electrons. The van der Waals surface area contributed by atoms with Crippen molar-refractivity contribution in [1.82, 2.24) is 0 Å². The highest BCUT2D eigenvalue weighted by molar-refractivity contribution is 5.58. The third-order valence-electron chi connectivity index (χ3n) is 4.78. The van der Waals surface area contributed by atoms with Gasteiger partial charge in [0.15, 0.2) is 0 Å². The fourth-order valence-electron chi connectivity index (χ4n) is 3.30. The predicted octanol–water partition coefficient (Wildman–Crippen LogP) is 4.59. The van der Waals surface area contributed by atoms with Crippen molar-refractivity contribution in [1.29, 1.82) is 0 Å². The van der Waals surface area contributed by atoms with Crippen LogP contribution in [0.25, 0.3) is 0 Å². The van der Waals surface area contributed by atoms with Crippen molar-refractivity contribution in [3.05, 3.63) is 59.8 Å². The van der Waals surface area contributed by atoms with Crippen molar-refractivity contribution >= 4 is 0 Å². The van der Waals surface area contributed by atoms with E-state index in [-0.39, 0.29) is 16.2 Å². The van der Waals surface area contributed by atoms with Crippen LogP contribution in [-0.4, -0.2) is 0 Å². The van der Waals surface area contributed by atoms with Gasteiger partial charge in [0.25, 0.3) is 0 Å². The second kappa shape index (κ2) is 2.93. The molecule has 0 nitrogen and oxygen atoms in total. The fraction of sp³-hybridized carbons (Fsp3) is 0.412. The quantitative estimate of drug-likeness (QED) is 0.564. The van der Waals surface area contributed by atoms with Crippen LogP contribution in [0, 0.1) is 16.2 Å². The first kappa shape index (κ1) is 10.8. The minimum Gasteiger partial charge on any atom is -0.0751 e. The van der Waals surface area contributed by atoms with E-state index in [4.69, 9.17) is 0 Å². The lowest BCUT2D eigenvalue weighted by molar-refractivity contribution is 0.321. The average Bonchev–Trinajstić information content (AvgIpc) is 2.60. The van der Waals surface area contributed by atoms with Crippen LogP contribution in [0.5, 0.6) is 0 Å². The van der Waals surface area contributed by atoms with E-state index in [2.05, 4.69) is 76.3 Å². The van der Waals surface area contributed by atoms with Crippen molar-refractivity contribution in [2.45, 2.75) is 27.7 Å². The second-order valence-electron chi connectivity index (χ2n) is 6.48. The molecule has 0 aliphatic heterocycles. The van der Waals surface area contributed by atoms with Gasteiger partial charge >= 0.3 is 0 Å². The van der Waals surface area contributed by atoms with Crippen molar-refractivity contribution in [2.24, 2.45) is 16.2 Å². The van der Waals surface area contributed by atoms with Gasteiger partial charge in [0, 0.05) is 16.2 Å². The van der Waals surface area contributed by atoms with Gasteiger partial charge in [0.2, 0.25) is 0 Å². The lowest BCUT2D eigenvalue weighted by Crippen LogP contribution is -2.31. The first-order chi connectivity index (χ1) is 7.87. The minimum absolute atomic E-state index is 0.134. The van der Waals surface area contributed by atoms with E-state index < -0.39 is 0 Å². The minimum atomic E-state index is 0.134. The summed E-state index contributed by atoms with van der Waals surface area (Å²) in [4.78, 5) is 0. The molecule has 0 heterocycles. The van der Waals surface area contributed by atoms with Gasteiger partial charge in [0.05, 0.1) is 0 Å². The summed E-state index contributed by atoms with van der Waals surface area (Å²) in [6, 6.07) is 0. The smallest absolute Gasteiger partial charge is 0.0294 e. The molecule has 0 bridgehead atoms. The van der Waals surface area contributed by atoms with E-state index in [1.165, 1.54) is 11.1 Å². The maximum absolute atomic E-state index is 2.42. The molecule has 0 saturated carbocycles. The maximum Gasteiger partial charge on any atom is 0.0294 e. The number of allylic oxidation sites excluding steroid dienone is 10. The molecule has 0 aromatic heterocycles. The van der Waals surface area contributed by atoms with Gasteiger partial charge in [-0.25, -0.2) is 0 Å². The first-order valence-electron chi connectivity index (χ1n) is 6.39. The normalized spacial score (nSPS) is 40.7. The first-order valence-corrected chi connectivity index (χ1v) is 6.39. The van der Waals surface area contributed by atoms with Crippen LogP contribution in [0.3, 0.4) is 0 Å². The van der Waals surface area contributed by atoms with Gasteiger partial charge in [-0.05, 0) is 11.1 Å². The van der Waals surface area contributed by atoms with E-state index in [0.29, 0.717) is 0 Å². The zero-order chi connectivity index (χ0) is 12.3. The van der Waals surface area contributed by atoms with Crippen molar-refractivity contribution in [3.8, 4) is 0 Å². The van der Waals surface area contributed by atoms with Gasteiger partial charge < -0.3 is 0 Å². The maximum atomic E-state index is 2.42. The van der Waals surface area contributed by atoms with E-state index >= 15 is 0 Å². The summed E-state index contributed by atoms with van der Waals surface area (Å²) in [5, 5.41) is 0. The van der Waals surface area contributed by atoms with Crippen molar-refractivity contribution in [3.63, 3.8) is 0 Å². The molecule has 17 heavy (non-hydrogen) atoms. The van der Waals surface area contributed by atoms with E-state index in [9.17, 15) is 0 Å². The summed E-state index contributed by atoms with van der Waals surface area (Å²) >= 11 is 0. The molecule has 3 aliphatic carbocycles. The Labute approximate surface area is 104 Å². The zero-order valence-corrected chi connectivity index (χ0v) is 11.1. The Hall–Kier alpha value is -1.30. The van der Waals surface area contributed by atoms with E-state index in [0.717, 1.165) is 0 Å². The standard InChI is InChI=1S/C17H20/c1-15(2)9-5-6-13-7-10-16(3)11-8-14(12-15)17(13,16)4/h5-12H,1-4H3. The third-order valence-corrected chi connectivity index (χ3v) is 4.78. The molecule has 2 atom stereocenters. The summed E-state index contributed by atoms with van der Waals surface area (Å²) in [5.41, 5.74) is 3.33. The van der Waals surface area contributed by atoms with Crippen LogP contribution >= 0.6 is 0 Å². The molecular weight excluding hydrogens is 204 g/mol. The monoisotopic (exact) mass is 224 g/mol. The molecule has 0 N–H and O–H groups in total. The molecule has 0 fully saturated rings. The molecular formula is C17H20. The van der Waals surface area contributed by atoms with Gasteiger partial charge in [-0.2, -0.15) is 0 Å². The lowest BCUT2D eigenvalue weighted by Gasteiger charge is -2.38. The van der Waals surface area contributed by atoms with Crippen LogP contribution in [0.1, 0.15) is 27.7 Å². The second-order valence-corrected chi connectivity index (χ2v) is 6.48. The molecule has 2 unspecified atom stereocenters. The fourth-order valence-corrected chi connectivity index (χ4v) is 3.30. The Morgan fingerprint density at radius 3 is 2.18 bits per heavy atom. The Kier molecular flexibility index (Phi) is 1.86. The lowest BCUT2D eigenvalue weighted by atomic mass is 9.64. The molecule has 0 aromatic carbocycles. The predicted molar refractivity (Wildman–Crippen MR) is 73.6 cm³/mol. The van der Waals surface area contributed by atoms with Gasteiger partial charge in [-0.15, -0.1) is 0 Å².